The van der Waals surface area contributed by atoms with E-state index in [1.165, 1.54) is 46.4 Å². The number of aryl methyl sites for hydroxylation is 3. The zero-order valence-electron chi connectivity index (χ0n) is 70.4. The number of carboxylic acids is 1. The van der Waals surface area contributed by atoms with Gasteiger partial charge in [0.15, 0.2) is 5.82 Å². The number of carbonyl (C=O) groups excluding carboxylic acids is 4. The molecule has 8 aromatic carbocycles. The molecule has 37 heteroatoms. The van der Waals surface area contributed by atoms with Gasteiger partial charge < -0.3 is 48.8 Å². The summed E-state index contributed by atoms with van der Waals surface area (Å²) in [5.74, 6) is -0.335. The average Bonchev–Trinajstić information content (AvgIpc) is 1.46. The number of fused-ring (bicyclic) bond motifs is 3. The molecule has 0 unspecified atom stereocenters. The summed E-state index contributed by atoms with van der Waals surface area (Å²) in [6, 6.07) is 58.9. The number of nitro benzene ring substituents is 2. The summed E-state index contributed by atoms with van der Waals surface area (Å²) in [4.78, 5) is 81.8. The Kier molecular flexibility index (Phi) is 39.1. The highest BCUT2D eigenvalue weighted by atomic mass is 35.5. The number of rotatable bonds is 28. The number of carbonyl (C=O) groups is 5. The number of nitrogens with one attached hydrogen (secondary N) is 5. The van der Waals surface area contributed by atoms with Gasteiger partial charge in [0.25, 0.3) is 11.4 Å². The molecule has 3 amide bonds. The topological polar surface area (TPSA) is 536 Å². The number of nitro groups is 2. The molecular formula is C91H93ClN24O10S2. The monoisotopic (exact) mass is 1780 g/mol. The lowest BCUT2D eigenvalue weighted by atomic mass is 10.0. The maximum absolute atomic E-state index is 12.5. The SMILES string of the molecule is Cc1c(CC#N)cccc1[N+](=O)[O-].Cc1c(CCl)cccc1[N+](=O)[O-].Cc1c(N)cccc1CC#N.N/C(=C\C=C(/N)NC(=O)Cc1ccccc1)CCCCc1nnc(N)s1.O=C(Cc1ccccc1)Nc1ccc(CCCCc2nnc(NC(=O)Cc3cccc4[nH]ncc34)s2)nn1.O=C(O)Cc1cccc2[nH]ncc12.[C-]#[N+]Cc1cccc2c1cnn2C(C)=O. The molecule has 14 N–H and O–H groups in total. The van der Waals surface area contributed by atoms with Crippen molar-refractivity contribution in [2.24, 2.45) is 11.5 Å². The molecule has 6 aromatic heterocycles. The lowest BCUT2D eigenvalue weighted by Crippen LogP contribution is -2.28. The largest absolute Gasteiger partial charge is 0.481 e. The molecule has 0 saturated carbocycles. The molecular weight excluding hydrogens is 1690 g/mol. The predicted molar refractivity (Wildman–Crippen MR) is 494 cm³/mol. The van der Waals surface area contributed by atoms with Gasteiger partial charge in [-0.15, -0.1) is 37.1 Å². The number of unbranched alkanes of at least 4 members (excludes halogenated alkanes) is 2. The molecule has 0 bridgehead atoms. The van der Waals surface area contributed by atoms with E-state index in [2.05, 4.69) is 83.0 Å². The minimum atomic E-state index is -0.825. The van der Waals surface area contributed by atoms with Crippen molar-refractivity contribution in [3.63, 3.8) is 0 Å². The second-order valence-corrected chi connectivity index (χ2v) is 30.7. The Bertz CT molecular complexity index is 6290. The van der Waals surface area contributed by atoms with Crippen molar-refractivity contribution in [3.05, 3.63) is 333 Å². The zero-order valence-corrected chi connectivity index (χ0v) is 72.7. The number of aromatic nitrogens is 12. The zero-order chi connectivity index (χ0) is 92.3. The van der Waals surface area contributed by atoms with Crippen LogP contribution in [0.25, 0.3) is 37.6 Å². The average molecular weight is 1780 g/mol. The minimum absolute atomic E-state index is 0.0386. The number of aliphatic carboxylic acids is 1. The number of nitrogen functional groups attached to an aromatic ring is 2. The standard InChI is InChI=1S/C27H26N8O2S.C18H24N6OS.C11H9N3O.2C9H8N2O2.C9H10N2.C8H8ClNO2/c36-24(15-18-7-2-1-3-8-18)29-23-14-13-20(31-33-23)10-4-5-12-26-34-35-27(38-26)30-25(37)16-19-9-6-11-22-21(19)17-28-32-22;19-14(8-4-5-9-17-23-24-18(21)26-17)10-11-15(20)22-16(25)12-13-6-2-1-3-7-13;1-8(15)14-11-5-3-4-9(6-12-2)10(11)7-13-14;12-9(13)4-6-2-1-3-8-7(6)5-10-11-8;1-7-8(5-6-10)3-2-4-9(7)11(12)13;1-7-8(5-6-10)3-2-4-9(7)11;1-6-7(5-9)3-2-4-8(6)10(11)12/h1-3,6-9,11,13-14,17H,4-5,10,12,15-16H2,(H,28,32)(H,29,33,36)(H,30,35,37);1-3,6-7,10-11H,4-5,8-9,12,19-20H2,(H2,21,24)(H,22,25);3-5,7H,6H2,1H3;1-3,5H,4H2,(H,10,11)(H,12,13);2-4H,5H2,1H3;2-4H,5,11H2,1H3;2-4H,5H2,1H3/b;14-10-,15-11+;;;;;. The van der Waals surface area contributed by atoms with Crippen LogP contribution in [0.5, 0.6) is 0 Å². The van der Waals surface area contributed by atoms with Gasteiger partial charge >= 0.3 is 5.97 Å². The fourth-order valence-electron chi connectivity index (χ4n) is 12.4. The van der Waals surface area contributed by atoms with Crippen LogP contribution < -0.4 is 38.9 Å². The minimum Gasteiger partial charge on any atom is -0.481 e. The molecule has 656 valence electrons. The van der Waals surface area contributed by atoms with Crippen LogP contribution in [0.1, 0.15) is 121 Å². The van der Waals surface area contributed by atoms with Gasteiger partial charge in [-0.3, -0.25) is 54.4 Å². The highest BCUT2D eigenvalue weighted by Crippen LogP contribution is 2.27. The van der Waals surface area contributed by atoms with Crippen LogP contribution in [0.3, 0.4) is 0 Å². The second kappa shape index (κ2) is 51.3. The van der Waals surface area contributed by atoms with Crippen LogP contribution in [0.2, 0.25) is 0 Å². The number of halogens is 1. The number of nitriles is 2. The van der Waals surface area contributed by atoms with Crippen LogP contribution >= 0.6 is 34.3 Å². The molecule has 14 aromatic rings. The van der Waals surface area contributed by atoms with Gasteiger partial charge in [-0.05, 0) is 152 Å². The molecule has 0 atom stereocenters. The van der Waals surface area contributed by atoms with E-state index in [-0.39, 0.29) is 66.5 Å². The van der Waals surface area contributed by atoms with Gasteiger partial charge in [-0.25, -0.2) is 11.3 Å². The number of carboxylic acid groups (broad SMARTS) is 1. The van der Waals surface area contributed by atoms with E-state index in [9.17, 15) is 44.2 Å². The smallest absolute Gasteiger partial charge is 0.307 e. The van der Waals surface area contributed by atoms with Crippen molar-refractivity contribution in [1.29, 1.82) is 10.5 Å². The molecule has 34 nitrogen and oxygen atoms in total. The van der Waals surface area contributed by atoms with Crippen LogP contribution in [0, 0.1) is 70.2 Å². The summed E-state index contributed by atoms with van der Waals surface area (Å²) in [6.45, 7) is 13.9. The number of aromatic amines is 2. The molecule has 6 heterocycles. The molecule has 128 heavy (non-hydrogen) atoms. The fraction of sp³-hybridized carbons (Fsp3) is 0.220. The Hall–Kier alpha value is -15.8. The summed E-state index contributed by atoms with van der Waals surface area (Å²) in [6.07, 6.45) is 16.7. The van der Waals surface area contributed by atoms with Crippen molar-refractivity contribution in [1.82, 2.24) is 66.1 Å². The van der Waals surface area contributed by atoms with E-state index in [0.717, 1.165) is 156 Å². The highest BCUT2D eigenvalue weighted by molar-refractivity contribution is 7.15. The Morgan fingerprint density at radius 3 is 1.65 bits per heavy atom. The number of alkyl halides is 1. The number of H-pyrrole nitrogens is 2. The molecule has 14 rings (SSSR count). The Morgan fingerprint density at radius 1 is 0.562 bits per heavy atom. The first kappa shape index (κ1) is 97.6. The van der Waals surface area contributed by atoms with Crippen LogP contribution in [0.4, 0.5) is 33.1 Å². The van der Waals surface area contributed by atoms with Gasteiger partial charge in [-0.1, -0.05) is 156 Å². The number of nitrogens with two attached hydrogens (primary N) is 4. The number of amides is 3. The predicted octanol–water partition coefficient (Wildman–Crippen LogP) is 15.5. The van der Waals surface area contributed by atoms with E-state index in [1.807, 2.05) is 146 Å². The lowest BCUT2D eigenvalue weighted by molar-refractivity contribution is -0.385. The van der Waals surface area contributed by atoms with E-state index >= 15 is 0 Å². The van der Waals surface area contributed by atoms with Gasteiger partial charge in [0.1, 0.15) is 15.8 Å². The second-order valence-electron chi connectivity index (χ2n) is 28.2. The fourth-order valence-corrected chi connectivity index (χ4v) is 14.1. The van der Waals surface area contributed by atoms with Crippen LogP contribution in [-0.4, -0.2) is 105 Å². The molecule has 0 saturated heterocycles. The Morgan fingerprint density at radius 2 is 1.09 bits per heavy atom. The molecule has 0 aliphatic carbocycles. The first-order chi connectivity index (χ1) is 61.7. The number of allylic oxidation sites excluding steroid dienone is 3. The van der Waals surface area contributed by atoms with Gasteiger partial charge in [0.05, 0.1) is 101 Å². The molecule has 0 aliphatic rings. The molecule has 0 aliphatic heterocycles. The lowest BCUT2D eigenvalue weighted by Gasteiger charge is -2.05. The third-order valence-electron chi connectivity index (χ3n) is 19.0. The van der Waals surface area contributed by atoms with E-state index in [1.54, 1.807) is 81.0 Å². The van der Waals surface area contributed by atoms with E-state index in [0.29, 0.717) is 58.2 Å². The van der Waals surface area contributed by atoms with Gasteiger partial charge in [0, 0.05) is 82.0 Å². The van der Waals surface area contributed by atoms with Crippen molar-refractivity contribution in [2.75, 3.05) is 22.1 Å². The van der Waals surface area contributed by atoms with Crippen LogP contribution in [0.15, 0.2) is 224 Å². The summed E-state index contributed by atoms with van der Waals surface area (Å²) < 4.78 is 1.35. The van der Waals surface area contributed by atoms with E-state index in [4.69, 9.17) is 56.7 Å². The Labute approximate surface area is 749 Å². The van der Waals surface area contributed by atoms with Gasteiger partial charge in [0.2, 0.25) is 40.4 Å². The Balaban J connectivity index is 0.000000196. The number of hydrogen-bond acceptors (Lipinski definition) is 26. The quantitative estimate of drug-likeness (QED) is 0.00414. The van der Waals surface area contributed by atoms with Crippen molar-refractivity contribution < 1.29 is 38.9 Å². The summed E-state index contributed by atoms with van der Waals surface area (Å²) in [5, 5.41) is 102. The van der Waals surface area contributed by atoms with Crippen molar-refractivity contribution in [2.45, 2.75) is 130 Å². The first-order valence-electron chi connectivity index (χ1n) is 39.8. The summed E-state index contributed by atoms with van der Waals surface area (Å²) >= 11 is 8.39. The maximum atomic E-state index is 12.5. The molecule has 0 radical (unpaired) electrons. The highest BCUT2D eigenvalue weighted by Gasteiger charge is 2.18. The van der Waals surface area contributed by atoms with E-state index < -0.39 is 15.8 Å². The van der Waals surface area contributed by atoms with Crippen molar-refractivity contribution >= 4 is 130 Å². The van der Waals surface area contributed by atoms with Crippen LogP contribution in [-0.2, 0) is 89.4 Å². The maximum Gasteiger partial charge on any atom is 0.307 e. The number of hydrogen-bond donors (Lipinski definition) is 10. The summed E-state index contributed by atoms with van der Waals surface area (Å²) in [5.41, 5.74) is 37.3. The number of anilines is 4. The number of nitrogens with zero attached hydrogens (tertiary/aromatic N) is 15. The molecule has 0 spiro atoms. The summed E-state index contributed by atoms with van der Waals surface area (Å²) in [7, 11) is 0. The third-order valence-corrected chi connectivity index (χ3v) is 21.0. The normalized spacial score (nSPS) is 10.6. The number of benzene rings is 8. The van der Waals surface area contributed by atoms with Crippen molar-refractivity contribution in [3.8, 4) is 12.1 Å². The van der Waals surface area contributed by atoms with Gasteiger partial charge in [-0.2, -0.15) is 30.9 Å². The first-order valence-corrected chi connectivity index (χ1v) is 42.0. The third kappa shape index (κ3) is 31.8. The molecule has 0 fully saturated rings.